The maximum absolute atomic E-state index is 13.0. The molecule has 0 radical (unpaired) electrons. The third-order valence-corrected chi connectivity index (χ3v) is 5.93. The first kappa shape index (κ1) is 20.0. The lowest BCUT2D eigenvalue weighted by Gasteiger charge is -2.32. The first-order chi connectivity index (χ1) is 14.1. The topological polar surface area (TPSA) is 45.9 Å². The fourth-order valence-electron chi connectivity index (χ4n) is 4.25. The van der Waals surface area contributed by atoms with E-state index in [2.05, 4.69) is 4.90 Å². The lowest BCUT2D eigenvalue weighted by molar-refractivity contribution is 0.0601. The molecule has 29 heavy (non-hydrogen) atoms. The Balaban J connectivity index is 1.34. The second-order valence-corrected chi connectivity index (χ2v) is 8.20. The summed E-state index contributed by atoms with van der Waals surface area (Å²) in [6.07, 6.45) is 4.46. The molecule has 3 heterocycles. The normalized spacial score (nSPS) is 20.2. The summed E-state index contributed by atoms with van der Waals surface area (Å²) in [4.78, 5) is 17.3. The maximum atomic E-state index is 13.0. The summed E-state index contributed by atoms with van der Waals surface area (Å²) in [5, 5.41) is 0. The van der Waals surface area contributed by atoms with Crippen LogP contribution in [0.1, 0.15) is 47.6 Å². The van der Waals surface area contributed by atoms with Gasteiger partial charge in [0.1, 0.15) is 17.3 Å². The van der Waals surface area contributed by atoms with E-state index in [1.807, 2.05) is 17.9 Å². The van der Waals surface area contributed by atoms with Gasteiger partial charge in [-0.3, -0.25) is 9.69 Å². The van der Waals surface area contributed by atoms with Crippen LogP contribution in [0.3, 0.4) is 0 Å². The van der Waals surface area contributed by atoms with Crippen molar-refractivity contribution in [3.8, 4) is 5.75 Å². The molecule has 156 valence electrons. The van der Waals surface area contributed by atoms with Crippen molar-refractivity contribution in [3.05, 3.63) is 53.2 Å². The Morgan fingerprint density at radius 1 is 1.17 bits per heavy atom. The molecule has 1 unspecified atom stereocenters. The zero-order valence-electron chi connectivity index (χ0n) is 17.0. The average molecular weight is 400 g/mol. The van der Waals surface area contributed by atoms with Gasteiger partial charge in [0.2, 0.25) is 0 Å². The van der Waals surface area contributed by atoms with Crippen molar-refractivity contribution < 1.29 is 18.3 Å². The largest absolute Gasteiger partial charge is 0.493 e. The molecule has 0 aliphatic carbocycles. The molecule has 2 fully saturated rings. The molecule has 1 aromatic heterocycles. The van der Waals surface area contributed by atoms with Crippen molar-refractivity contribution in [1.29, 1.82) is 0 Å². The van der Waals surface area contributed by atoms with E-state index in [9.17, 15) is 9.18 Å². The van der Waals surface area contributed by atoms with E-state index in [4.69, 9.17) is 9.15 Å². The summed E-state index contributed by atoms with van der Waals surface area (Å²) in [6, 6.07) is 7.98. The van der Waals surface area contributed by atoms with E-state index < -0.39 is 0 Å². The predicted molar refractivity (Wildman–Crippen MR) is 108 cm³/mol. The molecule has 1 amide bonds. The van der Waals surface area contributed by atoms with Gasteiger partial charge in [0, 0.05) is 31.1 Å². The van der Waals surface area contributed by atoms with Gasteiger partial charge < -0.3 is 14.1 Å². The van der Waals surface area contributed by atoms with Crippen molar-refractivity contribution in [1.82, 2.24) is 9.80 Å². The van der Waals surface area contributed by atoms with Gasteiger partial charge in [-0.1, -0.05) is 0 Å². The van der Waals surface area contributed by atoms with Gasteiger partial charge in [-0.25, -0.2) is 4.39 Å². The van der Waals surface area contributed by atoms with Gasteiger partial charge in [0.15, 0.2) is 5.76 Å². The van der Waals surface area contributed by atoms with Crippen LogP contribution in [0.2, 0.25) is 0 Å². The second-order valence-electron chi connectivity index (χ2n) is 8.20. The van der Waals surface area contributed by atoms with Crippen LogP contribution in [0.4, 0.5) is 4.39 Å². The number of piperidine rings is 1. The number of aryl methyl sites for hydroxylation is 1. The quantitative estimate of drug-likeness (QED) is 0.727. The van der Waals surface area contributed by atoms with Gasteiger partial charge in [-0.05, 0) is 76.0 Å². The van der Waals surface area contributed by atoms with E-state index in [1.165, 1.54) is 25.0 Å². The van der Waals surface area contributed by atoms with Crippen LogP contribution in [0.15, 0.2) is 34.7 Å². The molecule has 1 aromatic carbocycles. The Morgan fingerprint density at radius 2 is 1.93 bits per heavy atom. The predicted octanol–water partition coefficient (Wildman–Crippen LogP) is 4.25. The van der Waals surface area contributed by atoms with Crippen LogP contribution >= 0.6 is 0 Å². The molecule has 2 aliphatic rings. The Bertz CT molecular complexity index is 827. The summed E-state index contributed by atoms with van der Waals surface area (Å²) in [7, 11) is 0. The highest BCUT2D eigenvalue weighted by Gasteiger charge is 2.28. The molecule has 4 rings (SSSR count). The Kier molecular flexibility index (Phi) is 6.19. The fourth-order valence-corrected chi connectivity index (χ4v) is 4.25. The van der Waals surface area contributed by atoms with Crippen molar-refractivity contribution in [3.63, 3.8) is 0 Å². The molecule has 2 aromatic rings. The molecule has 0 saturated carbocycles. The number of carbonyl (C=O) groups excluding carboxylic acids is 1. The van der Waals surface area contributed by atoms with Crippen molar-refractivity contribution in [2.24, 2.45) is 5.92 Å². The van der Waals surface area contributed by atoms with Crippen molar-refractivity contribution in [2.75, 3.05) is 32.8 Å². The number of likely N-dealkylation sites (tertiary alicyclic amines) is 2. The van der Waals surface area contributed by atoms with Gasteiger partial charge >= 0.3 is 0 Å². The minimum atomic E-state index is -0.273. The third-order valence-electron chi connectivity index (χ3n) is 5.93. The first-order valence-corrected chi connectivity index (χ1v) is 10.6. The molecular formula is C23H29FN2O3. The van der Waals surface area contributed by atoms with Crippen LogP contribution in [0.5, 0.6) is 5.75 Å². The maximum Gasteiger partial charge on any atom is 0.289 e. The first-order valence-electron chi connectivity index (χ1n) is 10.6. The molecular weight excluding hydrogens is 371 g/mol. The third kappa shape index (κ3) is 4.99. The molecule has 0 N–H and O–H groups in total. The lowest BCUT2D eigenvalue weighted by Crippen LogP contribution is -2.41. The zero-order chi connectivity index (χ0) is 20.2. The monoisotopic (exact) mass is 400 g/mol. The lowest BCUT2D eigenvalue weighted by atomic mass is 9.98. The average Bonchev–Trinajstić information content (AvgIpc) is 3.37. The summed E-state index contributed by atoms with van der Waals surface area (Å²) in [5.41, 5.74) is 1.11. The number of furan rings is 1. The SMILES string of the molecule is Cc1oc(C(=O)N2CCCC(COc3ccc(F)cc3)C2)cc1CN1CCCC1. The van der Waals surface area contributed by atoms with Crippen LogP contribution in [0.25, 0.3) is 0 Å². The Labute approximate surface area is 171 Å². The number of carbonyl (C=O) groups is 1. The summed E-state index contributed by atoms with van der Waals surface area (Å²) >= 11 is 0. The minimum absolute atomic E-state index is 0.0349. The highest BCUT2D eigenvalue weighted by Crippen LogP contribution is 2.24. The van der Waals surface area contributed by atoms with Crippen molar-refractivity contribution in [2.45, 2.75) is 39.2 Å². The van der Waals surface area contributed by atoms with E-state index in [1.54, 1.807) is 12.1 Å². The number of benzene rings is 1. The summed E-state index contributed by atoms with van der Waals surface area (Å²) in [6.45, 7) is 6.96. The molecule has 1 atom stereocenters. The van der Waals surface area contributed by atoms with Gasteiger partial charge in [0.05, 0.1) is 6.61 Å². The second kappa shape index (κ2) is 8.99. The molecule has 5 nitrogen and oxygen atoms in total. The molecule has 0 bridgehead atoms. The van der Waals surface area contributed by atoms with Crippen LogP contribution in [0, 0.1) is 18.7 Å². The van der Waals surface area contributed by atoms with E-state index in [0.29, 0.717) is 24.7 Å². The van der Waals surface area contributed by atoms with Gasteiger partial charge in [-0.2, -0.15) is 0 Å². The number of amides is 1. The highest BCUT2D eigenvalue weighted by molar-refractivity contribution is 5.91. The van der Waals surface area contributed by atoms with Crippen LogP contribution in [-0.2, 0) is 6.54 Å². The molecule has 0 spiro atoms. The smallest absolute Gasteiger partial charge is 0.289 e. The number of hydrogen-bond donors (Lipinski definition) is 0. The number of hydrogen-bond acceptors (Lipinski definition) is 4. The Hall–Kier alpha value is -2.34. The number of halogens is 1. The van der Waals surface area contributed by atoms with Crippen molar-refractivity contribution >= 4 is 5.91 Å². The molecule has 2 saturated heterocycles. The summed E-state index contributed by atoms with van der Waals surface area (Å²) < 4.78 is 24.6. The van der Waals surface area contributed by atoms with Gasteiger partial charge in [0.25, 0.3) is 5.91 Å². The standard InChI is InChI=1S/C23H29FN2O3/c1-17-19(15-25-10-2-3-11-25)13-22(29-17)23(27)26-12-4-5-18(14-26)16-28-21-8-6-20(24)7-9-21/h6-9,13,18H,2-5,10-12,14-16H2,1H3. The minimum Gasteiger partial charge on any atom is -0.493 e. The van der Waals surface area contributed by atoms with Crippen LogP contribution < -0.4 is 4.74 Å². The fraction of sp³-hybridized carbons (Fsp3) is 0.522. The molecule has 6 heteroatoms. The van der Waals surface area contributed by atoms with E-state index in [-0.39, 0.29) is 17.6 Å². The number of rotatable bonds is 6. The summed E-state index contributed by atoms with van der Waals surface area (Å²) in [5.74, 6) is 1.89. The van der Waals surface area contributed by atoms with Gasteiger partial charge in [-0.15, -0.1) is 0 Å². The van der Waals surface area contributed by atoms with Crippen LogP contribution in [-0.4, -0.2) is 48.5 Å². The number of ether oxygens (including phenoxy) is 1. The van der Waals surface area contributed by atoms with E-state index >= 15 is 0 Å². The zero-order valence-corrected chi connectivity index (χ0v) is 17.0. The number of nitrogens with zero attached hydrogens (tertiary/aromatic N) is 2. The van der Waals surface area contributed by atoms with E-state index in [0.717, 1.165) is 50.3 Å². The highest BCUT2D eigenvalue weighted by atomic mass is 19.1. The molecule has 2 aliphatic heterocycles. The Morgan fingerprint density at radius 3 is 2.69 bits per heavy atom.